The summed E-state index contributed by atoms with van der Waals surface area (Å²) in [6.45, 7) is 5.20. The van der Waals surface area contributed by atoms with Gasteiger partial charge in [-0.2, -0.15) is 0 Å². The van der Waals surface area contributed by atoms with E-state index < -0.39 is 81.2 Å². The van der Waals surface area contributed by atoms with Gasteiger partial charge in [0.1, 0.15) is 22.8 Å². The first-order chi connectivity index (χ1) is 18.1. The number of aliphatic hydroxyl groups excluding tert-OH is 3. The Morgan fingerprint density at radius 2 is 1.82 bits per heavy atom. The molecule has 0 heterocycles. The molecule has 11 heteroatoms. The number of hydrogen-bond donors (Lipinski definition) is 6. The Hall–Kier alpha value is -2.73. The number of Topliss-reactive ketones (excluding diaryl/α,β-unsaturated/α-hetero) is 2. The van der Waals surface area contributed by atoms with Gasteiger partial charge in [-0.15, -0.1) is 0 Å². The quantitative estimate of drug-likeness (QED) is 0.210. The molecule has 10 nitrogen and oxygen atoms in total. The molecule has 1 amide bonds. The van der Waals surface area contributed by atoms with Crippen LogP contribution in [-0.4, -0.2) is 90.6 Å². The fourth-order valence-electron chi connectivity index (χ4n) is 6.50. The number of phenolic OH excluding ortho intramolecular Hbond substituents is 1. The minimum Gasteiger partial charge on any atom is -0.510 e. The van der Waals surface area contributed by atoms with Crippen molar-refractivity contribution in [2.75, 3.05) is 19.4 Å². The maximum absolute atomic E-state index is 13.9. The number of carbonyl (C=O) groups excluding carboxylic acids is 3. The molecule has 212 valence electrons. The number of likely N-dealkylation sites (N-methyl/N-ethyl adjacent to an activating group) is 1. The number of fused-ring (bicyclic) bond motifs is 3. The second kappa shape index (κ2) is 10.0. The number of aliphatic hydroxyl groups is 4. The van der Waals surface area contributed by atoms with E-state index in [0.717, 1.165) is 0 Å². The summed E-state index contributed by atoms with van der Waals surface area (Å²) in [4.78, 5) is 42.4. The summed E-state index contributed by atoms with van der Waals surface area (Å²) in [5.74, 6) is -8.23. The van der Waals surface area contributed by atoms with Crippen LogP contribution in [0.2, 0.25) is 0 Å². The van der Waals surface area contributed by atoms with Crippen molar-refractivity contribution in [3.8, 4) is 5.75 Å². The topological polar surface area (TPSA) is 168 Å². The number of carbonyl (C=O) groups is 3. The van der Waals surface area contributed by atoms with Crippen LogP contribution in [0, 0.1) is 11.8 Å². The molecule has 39 heavy (non-hydrogen) atoms. The molecule has 0 bridgehead atoms. The zero-order valence-electron chi connectivity index (χ0n) is 22.5. The van der Waals surface area contributed by atoms with Gasteiger partial charge in [0, 0.05) is 22.4 Å². The highest BCUT2D eigenvalue weighted by Gasteiger charge is 2.67. The summed E-state index contributed by atoms with van der Waals surface area (Å²) in [6.07, 6.45) is -0.330. The maximum atomic E-state index is 13.9. The Morgan fingerprint density at radius 3 is 2.41 bits per heavy atom. The monoisotopic (exact) mass is 606 g/mol. The molecule has 3 aliphatic rings. The highest BCUT2D eigenvalue weighted by molar-refractivity contribution is 9.09. The summed E-state index contributed by atoms with van der Waals surface area (Å²) in [6, 6.07) is 3.24. The normalized spacial score (nSPS) is 30.7. The Kier molecular flexibility index (Phi) is 7.52. The average Bonchev–Trinajstić information content (AvgIpc) is 2.84. The lowest BCUT2D eigenvalue weighted by molar-refractivity contribution is -0.162. The number of phenols is 1. The zero-order valence-corrected chi connectivity index (χ0v) is 24.1. The van der Waals surface area contributed by atoms with Crippen molar-refractivity contribution in [3.63, 3.8) is 0 Å². The molecule has 0 unspecified atom stereocenters. The van der Waals surface area contributed by atoms with Gasteiger partial charge in [-0.3, -0.25) is 19.3 Å². The number of rotatable bonds is 6. The van der Waals surface area contributed by atoms with Crippen molar-refractivity contribution in [2.24, 2.45) is 11.8 Å². The third-order valence-corrected chi connectivity index (χ3v) is 8.92. The van der Waals surface area contributed by atoms with Gasteiger partial charge in [-0.05, 0) is 58.3 Å². The SMILES string of the molecule is C[C@H]1c2cccc(O)c2C(=O)C2=C(O)[C@]3(O)C(=O)C(C(=O)NC(C)(C)CCCBr)=C(O)[C@@H](N(C)C)[C@@H]3[C@@H](O)[C@@H]21. The maximum Gasteiger partial charge on any atom is 0.258 e. The Morgan fingerprint density at radius 1 is 1.18 bits per heavy atom. The highest BCUT2D eigenvalue weighted by Crippen LogP contribution is 2.55. The van der Waals surface area contributed by atoms with E-state index in [1.54, 1.807) is 47.0 Å². The third kappa shape index (κ3) is 4.30. The van der Waals surface area contributed by atoms with Crippen molar-refractivity contribution in [1.29, 1.82) is 0 Å². The fraction of sp³-hybridized carbons (Fsp3) is 0.536. The van der Waals surface area contributed by atoms with Crippen LogP contribution in [0.4, 0.5) is 0 Å². The van der Waals surface area contributed by atoms with Crippen LogP contribution in [-0.2, 0) is 9.59 Å². The number of nitrogens with one attached hydrogen (secondary N) is 1. The first kappa shape index (κ1) is 29.3. The van der Waals surface area contributed by atoms with Crippen LogP contribution < -0.4 is 5.32 Å². The van der Waals surface area contributed by atoms with Crippen molar-refractivity contribution in [3.05, 3.63) is 52.0 Å². The average molecular weight is 607 g/mol. The van der Waals surface area contributed by atoms with E-state index in [0.29, 0.717) is 23.7 Å². The molecular weight excluding hydrogens is 572 g/mol. The lowest BCUT2D eigenvalue weighted by atomic mass is 9.55. The van der Waals surface area contributed by atoms with Crippen molar-refractivity contribution in [2.45, 2.75) is 62.8 Å². The zero-order chi connectivity index (χ0) is 29.2. The van der Waals surface area contributed by atoms with Crippen LogP contribution >= 0.6 is 15.9 Å². The van der Waals surface area contributed by atoms with Crippen molar-refractivity contribution < 1.29 is 39.9 Å². The molecule has 0 radical (unpaired) electrons. The first-order valence-corrected chi connectivity index (χ1v) is 14.0. The molecule has 0 saturated heterocycles. The van der Waals surface area contributed by atoms with Gasteiger partial charge in [0.2, 0.25) is 5.78 Å². The number of aromatic hydroxyl groups is 1. The molecule has 0 saturated carbocycles. The number of alkyl halides is 1. The van der Waals surface area contributed by atoms with E-state index in [1.165, 1.54) is 11.0 Å². The highest BCUT2D eigenvalue weighted by atomic mass is 79.9. The number of benzene rings is 1. The largest absolute Gasteiger partial charge is 0.510 e. The Bertz CT molecular complexity index is 1300. The van der Waals surface area contributed by atoms with Crippen LogP contribution in [0.15, 0.2) is 40.9 Å². The second-order valence-electron chi connectivity index (χ2n) is 11.6. The molecule has 4 rings (SSSR count). The second-order valence-corrected chi connectivity index (χ2v) is 12.4. The van der Waals surface area contributed by atoms with Gasteiger partial charge in [-0.25, -0.2) is 0 Å². The predicted molar refractivity (Wildman–Crippen MR) is 146 cm³/mol. The van der Waals surface area contributed by atoms with Crippen LogP contribution in [0.1, 0.15) is 55.5 Å². The summed E-state index contributed by atoms with van der Waals surface area (Å²) in [5.41, 5.74) is -4.46. The van der Waals surface area contributed by atoms with Crippen molar-refractivity contribution in [1.82, 2.24) is 10.2 Å². The first-order valence-electron chi connectivity index (χ1n) is 12.8. The number of nitrogens with zero attached hydrogens (tertiary/aromatic N) is 1. The third-order valence-electron chi connectivity index (χ3n) is 8.36. The smallest absolute Gasteiger partial charge is 0.258 e. The molecule has 6 atom stereocenters. The number of amides is 1. The summed E-state index contributed by atoms with van der Waals surface area (Å²) < 4.78 is 0. The molecule has 6 N–H and O–H groups in total. The van der Waals surface area contributed by atoms with Crippen molar-refractivity contribution >= 4 is 33.4 Å². The fourth-order valence-corrected chi connectivity index (χ4v) is 6.79. The molecule has 0 aromatic heterocycles. The number of hydrogen-bond acceptors (Lipinski definition) is 9. The van der Waals surface area contributed by atoms with E-state index in [1.807, 2.05) is 0 Å². The van der Waals surface area contributed by atoms with E-state index in [4.69, 9.17) is 0 Å². The van der Waals surface area contributed by atoms with E-state index in [2.05, 4.69) is 21.2 Å². The standard InChI is InChI=1S/C28H35BrN2O8/c1-12-13-8-6-9-14(32)16(13)21(33)17-15(12)22(34)19-20(31(4)5)23(35)18(25(37)28(19,39)24(17)36)26(38)30-27(2,3)10-7-11-29/h6,8-9,12,15,19-20,22,32,34-36,39H,7,10-11H2,1-5H3,(H,30,38)/t12-,15+,19+,20-,22-,28-/m0/s1. The van der Waals surface area contributed by atoms with Gasteiger partial charge < -0.3 is 30.8 Å². The summed E-state index contributed by atoms with van der Waals surface area (Å²) >= 11 is 3.34. The Balaban J connectivity index is 1.92. The number of ketones is 2. The molecule has 0 fully saturated rings. The minimum absolute atomic E-state index is 0.0886. The predicted octanol–water partition coefficient (Wildman–Crippen LogP) is 2.24. The molecule has 1 aromatic rings. The lowest BCUT2D eigenvalue weighted by Gasteiger charge is -2.53. The summed E-state index contributed by atoms with van der Waals surface area (Å²) in [5, 5.41) is 60.3. The van der Waals surface area contributed by atoms with E-state index in [-0.39, 0.29) is 11.3 Å². The van der Waals surface area contributed by atoms with Gasteiger partial charge in [0.25, 0.3) is 5.91 Å². The molecule has 0 aliphatic heterocycles. The lowest BCUT2D eigenvalue weighted by Crippen LogP contribution is -2.68. The van der Waals surface area contributed by atoms with Crippen LogP contribution in [0.5, 0.6) is 5.75 Å². The van der Waals surface area contributed by atoms with E-state index >= 15 is 0 Å². The molecule has 0 spiro atoms. The van der Waals surface area contributed by atoms with Gasteiger partial charge in [0.15, 0.2) is 11.4 Å². The molecule has 3 aliphatic carbocycles. The van der Waals surface area contributed by atoms with Gasteiger partial charge in [0.05, 0.1) is 23.6 Å². The van der Waals surface area contributed by atoms with Crippen LogP contribution in [0.25, 0.3) is 0 Å². The minimum atomic E-state index is -2.89. The Labute approximate surface area is 235 Å². The summed E-state index contributed by atoms with van der Waals surface area (Å²) in [7, 11) is 3.08. The van der Waals surface area contributed by atoms with Gasteiger partial charge in [-0.1, -0.05) is 35.0 Å². The van der Waals surface area contributed by atoms with E-state index in [9.17, 15) is 39.9 Å². The molecule has 1 aromatic carbocycles. The number of halogens is 1. The molecular formula is C28H35BrN2O8. The van der Waals surface area contributed by atoms with Gasteiger partial charge >= 0.3 is 0 Å². The van der Waals surface area contributed by atoms with Crippen LogP contribution in [0.3, 0.4) is 0 Å².